The van der Waals surface area contributed by atoms with Crippen LogP contribution in [-0.4, -0.2) is 44.1 Å². The third kappa shape index (κ3) is 4.27. The minimum absolute atomic E-state index is 0.156. The number of esters is 1. The van der Waals surface area contributed by atoms with Crippen molar-refractivity contribution in [3.8, 4) is 11.5 Å². The number of halogens is 1. The van der Waals surface area contributed by atoms with Crippen LogP contribution in [0.5, 0.6) is 11.5 Å². The molecule has 0 aromatic heterocycles. The van der Waals surface area contributed by atoms with E-state index in [0.29, 0.717) is 22.0 Å². The van der Waals surface area contributed by atoms with E-state index in [1.807, 2.05) is 0 Å². The van der Waals surface area contributed by atoms with Crippen LogP contribution in [0.1, 0.15) is 27.5 Å². The van der Waals surface area contributed by atoms with Crippen molar-refractivity contribution in [3.05, 3.63) is 94.0 Å². The summed E-state index contributed by atoms with van der Waals surface area (Å²) in [6.45, 7) is 0. The summed E-state index contributed by atoms with van der Waals surface area (Å²) in [6.07, 6.45) is 0. The van der Waals surface area contributed by atoms with Crippen LogP contribution in [0.3, 0.4) is 0 Å². The minimum atomic E-state index is -1.05. The van der Waals surface area contributed by atoms with E-state index in [4.69, 9.17) is 25.8 Å². The molecule has 0 spiro atoms. The van der Waals surface area contributed by atoms with Crippen LogP contribution in [-0.2, 0) is 14.3 Å². The molecule has 4 rings (SSSR count). The van der Waals surface area contributed by atoms with Gasteiger partial charge in [-0.3, -0.25) is 14.5 Å². The number of Topliss-reactive ketones (excluding diaryl/α,β-unsaturated/α-hetero) is 1. The summed E-state index contributed by atoms with van der Waals surface area (Å²) in [4.78, 5) is 39.9. The molecule has 1 atom stereocenters. The summed E-state index contributed by atoms with van der Waals surface area (Å²) in [5.41, 5.74) is 1.07. The van der Waals surface area contributed by atoms with Gasteiger partial charge in [-0.05, 0) is 48.5 Å². The summed E-state index contributed by atoms with van der Waals surface area (Å²) in [7, 11) is 4.15. The molecule has 3 aromatic carbocycles. The number of rotatable bonds is 6. The van der Waals surface area contributed by atoms with E-state index in [1.165, 1.54) is 56.6 Å². The fraction of sp³-hybridized carbons (Fsp3) is 0.148. The number of anilines is 1. The molecule has 1 saturated heterocycles. The predicted octanol–water partition coefficient (Wildman–Crippen LogP) is 4.77. The second kappa shape index (κ2) is 10.1. The Balaban J connectivity index is 1.97. The smallest absolute Gasteiger partial charge is 0.337 e. The summed E-state index contributed by atoms with van der Waals surface area (Å²) in [6, 6.07) is 16.4. The van der Waals surface area contributed by atoms with Crippen molar-refractivity contribution in [2.75, 3.05) is 26.2 Å². The van der Waals surface area contributed by atoms with Gasteiger partial charge in [-0.1, -0.05) is 29.8 Å². The number of hydrogen-bond acceptors (Lipinski definition) is 7. The first-order chi connectivity index (χ1) is 17.3. The van der Waals surface area contributed by atoms with Crippen molar-refractivity contribution < 1.29 is 33.7 Å². The van der Waals surface area contributed by atoms with Gasteiger partial charge in [0.15, 0.2) is 0 Å². The van der Waals surface area contributed by atoms with Gasteiger partial charge in [0.05, 0.1) is 44.1 Å². The largest absolute Gasteiger partial charge is 0.507 e. The maximum Gasteiger partial charge on any atom is 0.337 e. The number of hydrogen-bond donors (Lipinski definition) is 1. The highest BCUT2D eigenvalue weighted by atomic mass is 35.5. The van der Waals surface area contributed by atoms with Crippen molar-refractivity contribution in [2.24, 2.45) is 0 Å². The number of carbonyl (C=O) groups excluding carboxylic acids is 3. The van der Waals surface area contributed by atoms with Crippen molar-refractivity contribution in [2.45, 2.75) is 6.04 Å². The van der Waals surface area contributed by atoms with Crippen LogP contribution >= 0.6 is 11.6 Å². The molecule has 36 heavy (non-hydrogen) atoms. The molecule has 8 nitrogen and oxygen atoms in total. The fourth-order valence-corrected chi connectivity index (χ4v) is 4.34. The van der Waals surface area contributed by atoms with Gasteiger partial charge in [0, 0.05) is 16.3 Å². The molecule has 1 N–H and O–H groups in total. The van der Waals surface area contributed by atoms with Crippen molar-refractivity contribution in [1.82, 2.24) is 0 Å². The molecule has 1 unspecified atom stereocenters. The van der Waals surface area contributed by atoms with Crippen LogP contribution in [0.25, 0.3) is 5.76 Å². The lowest BCUT2D eigenvalue weighted by Crippen LogP contribution is -2.29. The Labute approximate surface area is 212 Å². The number of ketones is 1. The quantitative estimate of drug-likeness (QED) is 0.222. The second-order valence-electron chi connectivity index (χ2n) is 7.79. The van der Waals surface area contributed by atoms with E-state index in [1.54, 1.807) is 36.4 Å². The summed E-state index contributed by atoms with van der Waals surface area (Å²) < 4.78 is 15.6. The number of aliphatic hydroxyl groups is 1. The average molecular weight is 508 g/mol. The van der Waals surface area contributed by atoms with Gasteiger partial charge in [-0.2, -0.15) is 0 Å². The maximum atomic E-state index is 13.4. The van der Waals surface area contributed by atoms with E-state index in [-0.39, 0.29) is 22.4 Å². The van der Waals surface area contributed by atoms with Gasteiger partial charge in [-0.25, -0.2) is 4.79 Å². The third-order valence-electron chi connectivity index (χ3n) is 5.86. The van der Waals surface area contributed by atoms with Crippen molar-refractivity contribution in [3.63, 3.8) is 0 Å². The maximum absolute atomic E-state index is 13.4. The summed E-state index contributed by atoms with van der Waals surface area (Å²) in [5.74, 6) is -2.08. The Morgan fingerprint density at radius 2 is 1.58 bits per heavy atom. The Morgan fingerprint density at radius 1 is 0.917 bits per heavy atom. The predicted molar refractivity (Wildman–Crippen MR) is 134 cm³/mol. The summed E-state index contributed by atoms with van der Waals surface area (Å²) in [5, 5.41) is 11.7. The van der Waals surface area contributed by atoms with E-state index in [0.717, 1.165) is 0 Å². The second-order valence-corrected chi connectivity index (χ2v) is 8.23. The SMILES string of the molecule is COC(=O)c1ccc(N2C(=O)C(=O)/C(=C(/O)c3cc(Cl)ccc3OC)C2c2ccccc2OC)cc1. The molecule has 0 saturated carbocycles. The van der Waals surface area contributed by atoms with Gasteiger partial charge in [-0.15, -0.1) is 0 Å². The first-order valence-electron chi connectivity index (χ1n) is 10.8. The van der Waals surface area contributed by atoms with Crippen LogP contribution in [0, 0.1) is 0 Å². The van der Waals surface area contributed by atoms with Crippen LogP contribution in [0.2, 0.25) is 5.02 Å². The first kappa shape index (κ1) is 24.8. The number of ether oxygens (including phenoxy) is 3. The van der Waals surface area contributed by atoms with Crippen molar-refractivity contribution >= 4 is 40.7 Å². The number of amides is 1. The molecule has 1 aliphatic rings. The molecular formula is C27H22ClNO7. The Kier molecular flexibility index (Phi) is 6.98. The van der Waals surface area contributed by atoms with Gasteiger partial charge in [0.2, 0.25) is 0 Å². The Morgan fingerprint density at radius 3 is 2.22 bits per heavy atom. The number of benzene rings is 3. The molecule has 184 valence electrons. The highest BCUT2D eigenvalue weighted by Crippen LogP contribution is 2.45. The lowest BCUT2D eigenvalue weighted by Gasteiger charge is -2.27. The minimum Gasteiger partial charge on any atom is -0.507 e. The zero-order valence-electron chi connectivity index (χ0n) is 19.7. The molecule has 1 fully saturated rings. The third-order valence-corrected chi connectivity index (χ3v) is 6.10. The molecule has 1 aliphatic heterocycles. The fourth-order valence-electron chi connectivity index (χ4n) is 4.17. The van der Waals surface area contributed by atoms with E-state index < -0.39 is 29.5 Å². The molecular weight excluding hydrogens is 486 g/mol. The molecule has 1 heterocycles. The first-order valence-corrected chi connectivity index (χ1v) is 11.2. The number of nitrogens with zero attached hydrogens (tertiary/aromatic N) is 1. The zero-order chi connectivity index (χ0) is 26.0. The van der Waals surface area contributed by atoms with Gasteiger partial charge >= 0.3 is 5.97 Å². The van der Waals surface area contributed by atoms with Crippen LogP contribution < -0.4 is 14.4 Å². The number of carbonyl (C=O) groups is 3. The standard InChI is InChI=1S/C27H22ClNO7/c1-34-20-7-5-4-6-18(20)23-22(24(30)19-14-16(28)10-13-21(19)35-2)25(31)26(32)29(23)17-11-8-15(9-12-17)27(33)36-3/h4-14,23,30H,1-3H3/b24-22+. The van der Waals surface area contributed by atoms with Crippen LogP contribution in [0.4, 0.5) is 5.69 Å². The van der Waals surface area contributed by atoms with Gasteiger partial charge in [0.1, 0.15) is 17.3 Å². The molecule has 1 amide bonds. The van der Waals surface area contributed by atoms with Crippen molar-refractivity contribution in [1.29, 1.82) is 0 Å². The molecule has 3 aromatic rings. The zero-order valence-corrected chi connectivity index (χ0v) is 20.4. The van der Waals surface area contributed by atoms with Gasteiger partial charge in [0.25, 0.3) is 11.7 Å². The average Bonchev–Trinajstić information content (AvgIpc) is 3.17. The number of para-hydroxylation sites is 1. The summed E-state index contributed by atoms with van der Waals surface area (Å²) >= 11 is 6.16. The van der Waals surface area contributed by atoms with E-state index in [2.05, 4.69) is 0 Å². The molecule has 0 bridgehead atoms. The lowest BCUT2D eigenvalue weighted by molar-refractivity contribution is -0.132. The number of aliphatic hydroxyl groups excluding tert-OH is 1. The highest BCUT2D eigenvalue weighted by Gasteiger charge is 2.48. The highest BCUT2D eigenvalue weighted by molar-refractivity contribution is 6.51. The Bertz CT molecular complexity index is 1380. The van der Waals surface area contributed by atoms with E-state index in [9.17, 15) is 19.5 Å². The topological polar surface area (TPSA) is 102 Å². The number of methoxy groups -OCH3 is 3. The van der Waals surface area contributed by atoms with Gasteiger partial charge < -0.3 is 19.3 Å². The Hall–Kier alpha value is -4.30. The molecule has 0 aliphatic carbocycles. The van der Waals surface area contributed by atoms with Crippen LogP contribution in [0.15, 0.2) is 72.3 Å². The lowest BCUT2D eigenvalue weighted by atomic mass is 9.94. The normalized spacial score (nSPS) is 16.7. The monoisotopic (exact) mass is 507 g/mol. The van der Waals surface area contributed by atoms with E-state index >= 15 is 0 Å². The molecule has 0 radical (unpaired) electrons. The molecule has 9 heteroatoms.